The Morgan fingerprint density at radius 3 is 2.03 bits per heavy atom. The van der Waals surface area contributed by atoms with Gasteiger partial charge in [0.05, 0.1) is 0 Å². The molecule has 0 rings (SSSR count). The van der Waals surface area contributed by atoms with Crippen molar-refractivity contribution in [3.63, 3.8) is 0 Å². The Labute approximate surface area is 219 Å². The summed E-state index contributed by atoms with van der Waals surface area (Å²) in [6.45, 7) is 10.2. The molecule has 9 nitrogen and oxygen atoms in total. The van der Waals surface area contributed by atoms with Gasteiger partial charge in [-0.05, 0) is 66.7 Å². The molecule has 0 heterocycles. The SMILES string of the molecule is CCN(C(N)=O)C(CCC(N)=O)C(=O)NC(CSCC=C(C)CCC=C(C)CCC=C(C)C)C(=O)O. The molecule has 0 fully saturated rings. The first-order valence-electron chi connectivity index (χ1n) is 12.3. The summed E-state index contributed by atoms with van der Waals surface area (Å²) in [4.78, 5) is 48.5. The van der Waals surface area contributed by atoms with Gasteiger partial charge < -0.3 is 26.8 Å². The molecule has 4 amide bonds. The first kappa shape index (κ1) is 33.2. The van der Waals surface area contributed by atoms with E-state index >= 15 is 0 Å². The molecule has 0 aromatic rings. The number of allylic oxidation sites excluding steroid dienone is 5. The molecular weight excluding hydrogens is 480 g/mol. The molecule has 0 radical (unpaired) electrons. The molecule has 10 heteroatoms. The van der Waals surface area contributed by atoms with E-state index in [2.05, 4.69) is 51.2 Å². The number of nitrogens with one attached hydrogen (secondary N) is 1. The molecule has 2 atom stereocenters. The number of primary amides is 2. The number of rotatable bonds is 18. The van der Waals surface area contributed by atoms with Crippen molar-refractivity contribution in [1.29, 1.82) is 0 Å². The zero-order valence-electron chi connectivity index (χ0n) is 22.3. The predicted molar refractivity (Wildman–Crippen MR) is 146 cm³/mol. The molecule has 0 saturated carbocycles. The van der Waals surface area contributed by atoms with Crippen LogP contribution >= 0.6 is 11.8 Å². The van der Waals surface area contributed by atoms with Gasteiger partial charge in [0.1, 0.15) is 12.1 Å². The van der Waals surface area contributed by atoms with Gasteiger partial charge in [0.2, 0.25) is 11.8 Å². The number of carboxylic acids is 1. The van der Waals surface area contributed by atoms with Gasteiger partial charge >= 0.3 is 12.0 Å². The second-order valence-electron chi connectivity index (χ2n) is 9.04. The molecule has 36 heavy (non-hydrogen) atoms. The van der Waals surface area contributed by atoms with Gasteiger partial charge in [0, 0.05) is 24.5 Å². The Morgan fingerprint density at radius 2 is 1.53 bits per heavy atom. The van der Waals surface area contributed by atoms with Crippen LogP contribution in [0, 0.1) is 0 Å². The third kappa shape index (κ3) is 15.3. The predicted octanol–water partition coefficient (Wildman–Crippen LogP) is 3.74. The number of amides is 4. The lowest BCUT2D eigenvalue weighted by atomic mass is 10.1. The van der Waals surface area contributed by atoms with Gasteiger partial charge in [-0.2, -0.15) is 11.8 Å². The third-order valence-corrected chi connectivity index (χ3v) is 6.51. The van der Waals surface area contributed by atoms with E-state index in [0.717, 1.165) is 30.6 Å². The van der Waals surface area contributed by atoms with Crippen molar-refractivity contribution in [2.24, 2.45) is 11.5 Å². The van der Waals surface area contributed by atoms with Crippen LogP contribution in [0.15, 0.2) is 34.9 Å². The van der Waals surface area contributed by atoms with Crippen LogP contribution in [0.2, 0.25) is 0 Å². The molecule has 6 N–H and O–H groups in total. The zero-order valence-corrected chi connectivity index (χ0v) is 23.2. The number of carbonyl (C=O) groups excluding carboxylic acids is 3. The number of carboxylic acid groups (broad SMARTS) is 1. The summed E-state index contributed by atoms with van der Waals surface area (Å²) in [5, 5.41) is 12.0. The maximum absolute atomic E-state index is 12.8. The lowest BCUT2D eigenvalue weighted by molar-refractivity contribution is -0.142. The van der Waals surface area contributed by atoms with Crippen LogP contribution in [0.3, 0.4) is 0 Å². The van der Waals surface area contributed by atoms with E-state index in [1.54, 1.807) is 6.92 Å². The van der Waals surface area contributed by atoms with Crippen molar-refractivity contribution in [2.45, 2.75) is 85.2 Å². The Balaban J connectivity index is 4.82. The molecule has 0 aliphatic rings. The maximum atomic E-state index is 12.8. The molecule has 204 valence electrons. The maximum Gasteiger partial charge on any atom is 0.327 e. The summed E-state index contributed by atoms with van der Waals surface area (Å²) >= 11 is 1.39. The van der Waals surface area contributed by atoms with E-state index in [4.69, 9.17) is 11.5 Å². The molecule has 0 aromatic heterocycles. The van der Waals surface area contributed by atoms with Crippen LogP contribution in [-0.4, -0.2) is 64.0 Å². The smallest absolute Gasteiger partial charge is 0.327 e. The van der Waals surface area contributed by atoms with Gasteiger partial charge in [-0.25, -0.2) is 9.59 Å². The van der Waals surface area contributed by atoms with Crippen molar-refractivity contribution < 1.29 is 24.3 Å². The van der Waals surface area contributed by atoms with Crippen molar-refractivity contribution >= 4 is 35.6 Å². The standard InChI is InChI=1S/C26H44N4O5S/c1-6-30(26(28)35)22(13-14-23(27)31)24(32)29-21(25(33)34)17-36-16-15-20(5)12-8-11-19(4)10-7-9-18(2)3/h9,11,15,21-22H,6-8,10,12-14,16-17H2,1-5H3,(H2,27,31)(H2,28,35)(H,29,32)(H,33,34). The van der Waals surface area contributed by atoms with E-state index in [-0.39, 0.29) is 25.1 Å². The molecule has 0 spiro atoms. The highest BCUT2D eigenvalue weighted by molar-refractivity contribution is 7.99. The normalized spacial score (nSPS) is 13.5. The number of aliphatic carboxylic acids is 1. The molecule has 0 aliphatic carbocycles. The van der Waals surface area contributed by atoms with E-state index < -0.39 is 35.9 Å². The zero-order chi connectivity index (χ0) is 27.7. The topological polar surface area (TPSA) is 156 Å². The number of carbonyl (C=O) groups is 4. The number of thioether (sulfide) groups is 1. The minimum atomic E-state index is -1.18. The van der Waals surface area contributed by atoms with E-state index in [1.165, 1.54) is 28.5 Å². The largest absolute Gasteiger partial charge is 0.480 e. The minimum absolute atomic E-state index is 0.0395. The van der Waals surface area contributed by atoms with E-state index in [9.17, 15) is 24.3 Å². The van der Waals surface area contributed by atoms with Gasteiger partial charge in [0.15, 0.2) is 0 Å². The van der Waals surface area contributed by atoms with Gasteiger partial charge in [-0.1, -0.05) is 34.9 Å². The fraction of sp³-hybridized carbons (Fsp3) is 0.615. The highest BCUT2D eigenvalue weighted by atomic mass is 32.2. The van der Waals surface area contributed by atoms with Crippen molar-refractivity contribution in [3.8, 4) is 0 Å². The second kappa shape index (κ2) is 18.5. The molecular formula is C26H44N4O5S. The average Bonchev–Trinajstić information content (AvgIpc) is 2.77. The van der Waals surface area contributed by atoms with E-state index in [0.29, 0.717) is 5.75 Å². The molecule has 0 aliphatic heterocycles. The van der Waals surface area contributed by atoms with Crippen LogP contribution in [0.5, 0.6) is 0 Å². The van der Waals surface area contributed by atoms with Gasteiger partial charge in [0.25, 0.3) is 0 Å². The van der Waals surface area contributed by atoms with Crippen LogP contribution in [0.4, 0.5) is 4.79 Å². The van der Waals surface area contributed by atoms with Crippen molar-refractivity contribution in [2.75, 3.05) is 18.1 Å². The highest BCUT2D eigenvalue weighted by Gasteiger charge is 2.31. The second-order valence-corrected chi connectivity index (χ2v) is 10.1. The summed E-state index contributed by atoms with van der Waals surface area (Å²) in [5.74, 6) is -1.72. The molecule has 2 unspecified atom stereocenters. The summed E-state index contributed by atoms with van der Waals surface area (Å²) in [7, 11) is 0. The Bertz CT molecular complexity index is 834. The Hall–Kier alpha value is -2.75. The molecule has 0 bridgehead atoms. The number of likely N-dealkylation sites (N-methyl/N-ethyl adjacent to an activating group) is 1. The van der Waals surface area contributed by atoms with Crippen LogP contribution in [0.25, 0.3) is 0 Å². The number of urea groups is 1. The summed E-state index contributed by atoms with van der Waals surface area (Å²) < 4.78 is 0. The Kier molecular flexibility index (Phi) is 17.1. The summed E-state index contributed by atoms with van der Waals surface area (Å²) in [5.41, 5.74) is 14.5. The third-order valence-electron chi connectivity index (χ3n) is 5.54. The first-order chi connectivity index (χ1) is 16.9. The fourth-order valence-electron chi connectivity index (χ4n) is 3.41. The first-order valence-corrected chi connectivity index (χ1v) is 13.4. The van der Waals surface area contributed by atoms with E-state index in [1.807, 2.05) is 0 Å². The molecule has 0 aromatic carbocycles. The number of hydrogen-bond donors (Lipinski definition) is 4. The van der Waals surface area contributed by atoms with Gasteiger partial charge in [-0.15, -0.1) is 0 Å². The Morgan fingerprint density at radius 1 is 0.944 bits per heavy atom. The van der Waals surface area contributed by atoms with Crippen LogP contribution < -0.4 is 16.8 Å². The summed E-state index contributed by atoms with van der Waals surface area (Å²) in [6.07, 6.45) is 10.4. The number of nitrogens with two attached hydrogens (primary N) is 2. The monoisotopic (exact) mass is 524 g/mol. The fourth-order valence-corrected chi connectivity index (χ4v) is 4.41. The van der Waals surface area contributed by atoms with Crippen LogP contribution in [0.1, 0.15) is 73.1 Å². The van der Waals surface area contributed by atoms with Gasteiger partial charge in [-0.3, -0.25) is 9.59 Å². The summed E-state index contributed by atoms with van der Waals surface area (Å²) in [6, 6.07) is -3.06. The lowest BCUT2D eigenvalue weighted by Crippen LogP contribution is -2.55. The highest BCUT2D eigenvalue weighted by Crippen LogP contribution is 2.14. The lowest BCUT2D eigenvalue weighted by Gasteiger charge is -2.29. The quantitative estimate of drug-likeness (QED) is 0.158. The van der Waals surface area contributed by atoms with Crippen LogP contribution in [-0.2, 0) is 14.4 Å². The van der Waals surface area contributed by atoms with Crippen molar-refractivity contribution in [1.82, 2.24) is 10.2 Å². The number of nitrogens with zero attached hydrogens (tertiary/aromatic N) is 1. The number of hydrogen-bond acceptors (Lipinski definition) is 5. The van der Waals surface area contributed by atoms with Crippen molar-refractivity contribution in [3.05, 3.63) is 34.9 Å². The minimum Gasteiger partial charge on any atom is -0.480 e. The average molecular weight is 525 g/mol. The molecule has 0 saturated heterocycles.